The zero-order valence-corrected chi connectivity index (χ0v) is 23.1. The van der Waals surface area contributed by atoms with Crippen molar-refractivity contribution in [3.8, 4) is 5.75 Å². The molecule has 0 bridgehead atoms. The normalized spacial score (nSPS) is 20.1. The fourth-order valence-corrected chi connectivity index (χ4v) is 5.56. The molecule has 9 nitrogen and oxygen atoms in total. The number of amides is 1. The van der Waals surface area contributed by atoms with Gasteiger partial charge in [0.1, 0.15) is 5.75 Å². The number of hydrogen-bond donors (Lipinski definition) is 1. The minimum Gasteiger partial charge on any atom is -0.494 e. The van der Waals surface area contributed by atoms with Gasteiger partial charge in [-0.25, -0.2) is 4.99 Å². The van der Waals surface area contributed by atoms with E-state index in [1.807, 2.05) is 83.8 Å². The van der Waals surface area contributed by atoms with Gasteiger partial charge in [0.2, 0.25) is 5.90 Å². The number of carbonyl (C=O) groups is 1. The molecule has 1 amide bonds. The fourth-order valence-electron chi connectivity index (χ4n) is 5.56. The number of aliphatic hydroxyl groups is 1. The van der Waals surface area contributed by atoms with Crippen molar-refractivity contribution >= 4 is 11.8 Å². The Morgan fingerprint density at radius 1 is 1.05 bits per heavy atom. The lowest BCUT2D eigenvalue weighted by atomic mass is 9.80. The van der Waals surface area contributed by atoms with E-state index in [2.05, 4.69) is 10.0 Å². The number of hydrogen-bond acceptors (Lipinski definition) is 6. The van der Waals surface area contributed by atoms with Crippen LogP contribution in [0.3, 0.4) is 0 Å². The van der Waals surface area contributed by atoms with Gasteiger partial charge < -0.3 is 19.5 Å². The van der Waals surface area contributed by atoms with Crippen LogP contribution >= 0.6 is 0 Å². The van der Waals surface area contributed by atoms with Gasteiger partial charge in [0, 0.05) is 43.0 Å². The molecule has 1 saturated heterocycles. The van der Waals surface area contributed by atoms with Crippen LogP contribution in [-0.2, 0) is 22.5 Å². The number of likely N-dealkylation sites (tertiary alicyclic amines) is 1. The summed E-state index contributed by atoms with van der Waals surface area (Å²) in [7, 11) is 0. The smallest absolute Gasteiger partial charge is 0.255 e. The van der Waals surface area contributed by atoms with E-state index in [1.54, 1.807) is 0 Å². The molecule has 0 aliphatic carbocycles. The van der Waals surface area contributed by atoms with Crippen molar-refractivity contribution < 1.29 is 19.4 Å². The Kier molecular flexibility index (Phi) is 9.19. The van der Waals surface area contributed by atoms with E-state index in [0.717, 1.165) is 41.5 Å². The number of piperidine rings is 1. The largest absolute Gasteiger partial charge is 0.494 e. The topological polar surface area (TPSA) is 120 Å². The Hall–Kier alpha value is -4.33. The summed E-state index contributed by atoms with van der Waals surface area (Å²) in [5.74, 6) is 1.01. The van der Waals surface area contributed by atoms with Gasteiger partial charge in [-0.3, -0.25) is 4.79 Å². The van der Waals surface area contributed by atoms with E-state index in [0.29, 0.717) is 44.2 Å². The summed E-state index contributed by atoms with van der Waals surface area (Å²) in [4.78, 5) is 24.7. The number of aliphatic imine (C=N–C) groups is 1. The first-order chi connectivity index (χ1) is 20.1. The fraction of sp³-hybridized carbons (Fsp3) is 0.375. The van der Waals surface area contributed by atoms with E-state index in [9.17, 15) is 4.79 Å². The molecular formula is C32H35N5O4. The average molecular weight is 554 g/mol. The summed E-state index contributed by atoms with van der Waals surface area (Å²) < 4.78 is 12.4. The maximum atomic E-state index is 14.6. The molecule has 0 unspecified atom stereocenters. The van der Waals surface area contributed by atoms with Gasteiger partial charge in [-0.15, -0.1) is 0 Å². The summed E-state index contributed by atoms with van der Waals surface area (Å²) >= 11 is 0. The zero-order valence-electron chi connectivity index (χ0n) is 23.1. The molecule has 5 rings (SSSR count). The first-order valence-electron chi connectivity index (χ1n) is 14.2. The van der Waals surface area contributed by atoms with Gasteiger partial charge in [-0.1, -0.05) is 59.7 Å². The SMILES string of the molecule is [N-]=[N+]=NCc1ccccc1[C@H]1OC(c2ccc(OCCCO)cc2)=N[C@@]1(Cc1ccccc1)C(=O)N1CCCCC1. The Balaban J connectivity index is 1.61. The predicted molar refractivity (Wildman–Crippen MR) is 157 cm³/mol. The molecule has 1 N–H and O–H groups in total. The number of aliphatic hydroxyl groups excluding tert-OH is 1. The summed E-state index contributed by atoms with van der Waals surface area (Å²) in [5.41, 5.74) is 11.1. The van der Waals surface area contributed by atoms with Crippen LogP contribution in [0.1, 0.15) is 54.0 Å². The average Bonchev–Trinajstić information content (AvgIpc) is 3.41. The number of nitrogens with zero attached hydrogens (tertiary/aromatic N) is 5. The van der Waals surface area contributed by atoms with Crippen molar-refractivity contribution in [2.75, 3.05) is 26.3 Å². The molecule has 0 saturated carbocycles. The highest BCUT2D eigenvalue weighted by molar-refractivity contribution is 6.01. The minimum absolute atomic E-state index is 0.0522. The van der Waals surface area contributed by atoms with Gasteiger partial charge in [-0.2, -0.15) is 0 Å². The van der Waals surface area contributed by atoms with Crippen LogP contribution < -0.4 is 4.74 Å². The van der Waals surface area contributed by atoms with Crippen molar-refractivity contribution in [1.82, 2.24) is 4.90 Å². The molecule has 2 heterocycles. The highest BCUT2D eigenvalue weighted by Crippen LogP contribution is 2.45. The maximum absolute atomic E-state index is 14.6. The summed E-state index contributed by atoms with van der Waals surface area (Å²) in [6.45, 7) is 2.00. The second-order valence-corrected chi connectivity index (χ2v) is 10.4. The Labute approximate surface area is 240 Å². The lowest BCUT2D eigenvalue weighted by Crippen LogP contribution is -2.53. The quantitative estimate of drug-likeness (QED) is 0.140. The summed E-state index contributed by atoms with van der Waals surface area (Å²) in [6, 6.07) is 25.0. The van der Waals surface area contributed by atoms with Crippen LogP contribution in [-0.4, -0.2) is 53.7 Å². The van der Waals surface area contributed by atoms with E-state index >= 15 is 0 Å². The van der Waals surface area contributed by atoms with Crippen LogP contribution in [0.2, 0.25) is 0 Å². The molecular weight excluding hydrogens is 518 g/mol. The van der Waals surface area contributed by atoms with Crippen molar-refractivity contribution in [2.24, 2.45) is 10.1 Å². The molecule has 3 aromatic rings. The van der Waals surface area contributed by atoms with E-state index in [1.165, 1.54) is 0 Å². The maximum Gasteiger partial charge on any atom is 0.255 e. The van der Waals surface area contributed by atoms with Gasteiger partial charge in [0.05, 0.1) is 13.2 Å². The third kappa shape index (κ3) is 6.37. The van der Waals surface area contributed by atoms with Crippen LogP contribution in [0.5, 0.6) is 5.75 Å². The Morgan fingerprint density at radius 2 is 1.78 bits per heavy atom. The van der Waals surface area contributed by atoms with Gasteiger partial charge in [0.15, 0.2) is 11.6 Å². The first kappa shape index (κ1) is 28.2. The molecule has 212 valence electrons. The standard InChI is InChI=1S/C32H35N5O4/c33-36-34-23-26-12-5-6-13-28(26)29-32(22-24-10-3-1-4-11-24,31(39)37-18-7-2-8-19-37)35-30(41-29)25-14-16-27(17-15-25)40-21-9-20-38/h1,3-6,10-17,29,38H,2,7-9,18-23H2/t29-,32-/m1/s1. The molecule has 0 spiro atoms. The number of azide groups is 1. The van der Waals surface area contributed by atoms with E-state index in [-0.39, 0.29) is 19.1 Å². The molecule has 41 heavy (non-hydrogen) atoms. The third-order valence-electron chi connectivity index (χ3n) is 7.61. The Morgan fingerprint density at radius 3 is 2.51 bits per heavy atom. The molecule has 1 fully saturated rings. The summed E-state index contributed by atoms with van der Waals surface area (Å²) in [5, 5.41) is 12.9. The van der Waals surface area contributed by atoms with Crippen LogP contribution in [0.15, 0.2) is 89.0 Å². The lowest BCUT2D eigenvalue weighted by Gasteiger charge is -2.37. The second-order valence-electron chi connectivity index (χ2n) is 10.4. The zero-order chi connectivity index (χ0) is 28.5. The van der Waals surface area contributed by atoms with E-state index in [4.69, 9.17) is 25.1 Å². The molecule has 2 aliphatic rings. The Bertz CT molecular complexity index is 1400. The van der Waals surface area contributed by atoms with Crippen LogP contribution in [0, 0.1) is 0 Å². The van der Waals surface area contributed by atoms with Gasteiger partial charge >= 0.3 is 0 Å². The van der Waals surface area contributed by atoms with Crippen molar-refractivity contribution in [1.29, 1.82) is 0 Å². The monoisotopic (exact) mass is 553 g/mol. The molecule has 9 heteroatoms. The van der Waals surface area contributed by atoms with Crippen molar-refractivity contribution in [2.45, 2.75) is 50.3 Å². The number of rotatable bonds is 11. The van der Waals surface area contributed by atoms with Gasteiger partial charge in [-0.05, 0) is 65.7 Å². The number of benzene rings is 3. The molecule has 3 aromatic carbocycles. The molecule has 2 atom stereocenters. The first-order valence-corrected chi connectivity index (χ1v) is 14.2. The van der Waals surface area contributed by atoms with Crippen molar-refractivity contribution in [3.05, 3.63) is 112 Å². The van der Waals surface area contributed by atoms with Crippen LogP contribution in [0.25, 0.3) is 10.4 Å². The highest BCUT2D eigenvalue weighted by atomic mass is 16.5. The number of ether oxygens (including phenoxy) is 2. The predicted octanol–water partition coefficient (Wildman–Crippen LogP) is 5.77. The van der Waals surface area contributed by atoms with Crippen molar-refractivity contribution in [3.63, 3.8) is 0 Å². The molecule has 0 radical (unpaired) electrons. The molecule has 2 aliphatic heterocycles. The number of carbonyl (C=O) groups excluding carboxylic acids is 1. The summed E-state index contributed by atoms with van der Waals surface area (Å²) in [6.07, 6.45) is 3.20. The lowest BCUT2D eigenvalue weighted by molar-refractivity contribution is -0.140. The third-order valence-corrected chi connectivity index (χ3v) is 7.61. The van der Waals surface area contributed by atoms with E-state index < -0.39 is 11.6 Å². The molecule has 0 aromatic heterocycles. The minimum atomic E-state index is -1.25. The van der Waals surface area contributed by atoms with Gasteiger partial charge in [0.25, 0.3) is 5.91 Å². The highest BCUT2D eigenvalue weighted by Gasteiger charge is 2.55. The second kappa shape index (κ2) is 13.4. The van der Waals surface area contributed by atoms with Crippen LogP contribution in [0.4, 0.5) is 0 Å².